The number of carbonyl (C=O) groups is 2. The average Bonchev–Trinajstić information content (AvgIpc) is 3.45. The predicted molar refractivity (Wildman–Crippen MR) is 118 cm³/mol. The van der Waals surface area contributed by atoms with E-state index in [1.165, 1.54) is 35.2 Å². The Labute approximate surface area is 182 Å². The van der Waals surface area contributed by atoms with Gasteiger partial charge >= 0.3 is 0 Å². The molecular weight excluding hydrogens is 419 g/mol. The quantitative estimate of drug-likeness (QED) is 0.591. The van der Waals surface area contributed by atoms with Gasteiger partial charge < -0.3 is 9.80 Å². The molecule has 1 saturated heterocycles. The molecule has 0 saturated carbocycles. The molecule has 0 N–H and O–H groups in total. The lowest BCUT2D eigenvalue weighted by Crippen LogP contribution is -2.50. The van der Waals surface area contributed by atoms with E-state index in [0.29, 0.717) is 22.7 Å². The van der Waals surface area contributed by atoms with Gasteiger partial charge in [-0.1, -0.05) is 35.9 Å². The zero-order valence-electron chi connectivity index (χ0n) is 16.3. The molecule has 4 nitrogen and oxygen atoms in total. The fourth-order valence-electron chi connectivity index (χ4n) is 4.24. The molecular formula is C23H19FN2O2S2. The molecule has 2 aliphatic heterocycles. The van der Waals surface area contributed by atoms with Crippen LogP contribution in [0, 0.1) is 12.7 Å². The topological polar surface area (TPSA) is 40.6 Å². The van der Waals surface area contributed by atoms with Gasteiger partial charge in [-0.2, -0.15) is 0 Å². The maximum atomic E-state index is 13.9. The zero-order valence-corrected chi connectivity index (χ0v) is 17.9. The number of aryl methyl sites for hydroxylation is 1. The fraction of sp³-hybridized carbons (Fsp3) is 0.217. The van der Waals surface area contributed by atoms with E-state index < -0.39 is 4.87 Å². The highest BCUT2D eigenvalue weighted by molar-refractivity contribution is 8.01. The molecule has 7 heteroatoms. The molecule has 0 radical (unpaired) electrons. The van der Waals surface area contributed by atoms with Crippen molar-refractivity contribution in [3.8, 4) is 0 Å². The first kappa shape index (κ1) is 19.3. The minimum absolute atomic E-state index is 0.122. The summed E-state index contributed by atoms with van der Waals surface area (Å²) in [5, 5.41) is 1.87. The molecule has 2 amide bonds. The number of anilines is 1. The van der Waals surface area contributed by atoms with Gasteiger partial charge in [0.15, 0.2) is 4.87 Å². The van der Waals surface area contributed by atoms with E-state index in [1.54, 1.807) is 21.9 Å². The second kappa shape index (κ2) is 7.25. The van der Waals surface area contributed by atoms with E-state index in [0.717, 1.165) is 16.8 Å². The lowest BCUT2D eigenvalue weighted by Gasteiger charge is -2.33. The second-order valence-electron chi connectivity index (χ2n) is 7.47. The van der Waals surface area contributed by atoms with E-state index in [9.17, 15) is 14.0 Å². The first-order valence-corrected chi connectivity index (χ1v) is 11.5. The minimum Gasteiger partial charge on any atom is -0.310 e. The van der Waals surface area contributed by atoms with Crippen molar-refractivity contribution in [2.24, 2.45) is 0 Å². The van der Waals surface area contributed by atoms with Crippen LogP contribution in [-0.2, 0) is 16.2 Å². The first-order valence-electron chi connectivity index (χ1n) is 9.68. The molecule has 0 bridgehead atoms. The fourth-order valence-corrected chi connectivity index (χ4v) is 6.36. The number of carbonyl (C=O) groups excluding carboxylic acids is 2. The minimum atomic E-state index is -1.07. The predicted octanol–water partition coefficient (Wildman–Crippen LogP) is 4.78. The summed E-state index contributed by atoms with van der Waals surface area (Å²) < 4.78 is 13.7. The number of thiophene rings is 1. The van der Waals surface area contributed by atoms with Gasteiger partial charge in [-0.3, -0.25) is 9.59 Å². The highest BCUT2D eigenvalue weighted by Crippen LogP contribution is 2.55. The van der Waals surface area contributed by atoms with Crippen molar-refractivity contribution < 1.29 is 14.0 Å². The van der Waals surface area contributed by atoms with Gasteiger partial charge in [-0.15, -0.1) is 23.1 Å². The Morgan fingerprint density at radius 3 is 2.80 bits per heavy atom. The van der Waals surface area contributed by atoms with Crippen LogP contribution < -0.4 is 4.90 Å². The summed E-state index contributed by atoms with van der Waals surface area (Å²) in [6.45, 7) is 2.75. The van der Waals surface area contributed by atoms with Crippen LogP contribution in [0.15, 0.2) is 60.0 Å². The Morgan fingerprint density at radius 1 is 1.17 bits per heavy atom. The van der Waals surface area contributed by atoms with Crippen molar-refractivity contribution in [3.63, 3.8) is 0 Å². The molecule has 0 aliphatic carbocycles. The summed E-state index contributed by atoms with van der Waals surface area (Å²) in [6, 6.07) is 15.8. The number of thioether (sulfide) groups is 1. The van der Waals surface area contributed by atoms with E-state index in [4.69, 9.17) is 0 Å². The number of hydrogen-bond donors (Lipinski definition) is 0. The van der Waals surface area contributed by atoms with Crippen molar-refractivity contribution in [2.45, 2.75) is 18.3 Å². The number of hydrogen-bond acceptors (Lipinski definition) is 4. The highest BCUT2D eigenvalue weighted by Gasteiger charge is 2.59. The van der Waals surface area contributed by atoms with Crippen molar-refractivity contribution >= 4 is 40.6 Å². The van der Waals surface area contributed by atoms with Crippen LogP contribution in [-0.4, -0.2) is 29.0 Å². The maximum Gasteiger partial charge on any atom is 0.268 e. The van der Waals surface area contributed by atoms with Crippen LogP contribution in [0.4, 0.5) is 10.1 Å². The molecule has 3 heterocycles. The van der Waals surface area contributed by atoms with Gasteiger partial charge in [0.1, 0.15) is 5.82 Å². The van der Waals surface area contributed by atoms with Gasteiger partial charge in [0, 0.05) is 17.9 Å². The number of fused-ring (bicyclic) bond motifs is 2. The van der Waals surface area contributed by atoms with Crippen molar-refractivity contribution in [2.75, 3.05) is 17.2 Å². The molecule has 2 aliphatic rings. The highest BCUT2D eigenvalue weighted by atomic mass is 32.2. The third-order valence-corrected chi connectivity index (χ3v) is 7.83. The van der Waals surface area contributed by atoms with E-state index in [-0.39, 0.29) is 24.2 Å². The summed E-state index contributed by atoms with van der Waals surface area (Å²) in [7, 11) is 0. The van der Waals surface area contributed by atoms with Gasteiger partial charge in [0.2, 0.25) is 0 Å². The third kappa shape index (κ3) is 2.87. The van der Waals surface area contributed by atoms with E-state index in [1.807, 2.05) is 42.6 Å². The molecule has 2 aromatic carbocycles. The zero-order chi connectivity index (χ0) is 20.9. The van der Waals surface area contributed by atoms with Crippen molar-refractivity contribution in [1.82, 2.24) is 4.90 Å². The first-order chi connectivity index (χ1) is 14.5. The number of amides is 2. The molecule has 0 unspecified atom stereocenters. The van der Waals surface area contributed by atoms with Crippen LogP contribution in [0.5, 0.6) is 0 Å². The van der Waals surface area contributed by atoms with Crippen LogP contribution in [0.25, 0.3) is 0 Å². The van der Waals surface area contributed by atoms with Gasteiger partial charge in [0.25, 0.3) is 11.8 Å². The Morgan fingerprint density at radius 2 is 2.03 bits per heavy atom. The number of nitrogens with zero attached hydrogens (tertiary/aromatic N) is 2. The normalized spacial score (nSPS) is 20.3. The van der Waals surface area contributed by atoms with Gasteiger partial charge in [-0.05, 0) is 42.1 Å². The monoisotopic (exact) mass is 438 g/mol. The Kier molecular flexibility index (Phi) is 4.67. The SMILES string of the molecule is Cc1ccc2c(c1)[C@]1(SCCN1C(=O)c1cccs1)C(=O)N2Cc1cccc(F)c1. The summed E-state index contributed by atoms with van der Waals surface area (Å²) in [6.07, 6.45) is 0. The lowest BCUT2D eigenvalue weighted by atomic mass is 10.0. The molecule has 1 aromatic heterocycles. The third-order valence-electron chi connectivity index (χ3n) is 5.56. The summed E-state index contributed by atoms with van der Waals surface area (Å²) >= 11 is 2.89. The van der Waals surface area contributed by atoms with Crippen molar-refractivity contribution in [1.29, 1.82) is 0 Å². The van der Waals surface area contributed by atoms with Crippen LogP contribution in [0.2, 0.25) is 0 Å². The summed E-state index contributed by atoms with van der Waals surface area (Å²) in [5.74, 6) is 0.0928. The van der Waals surface area contributed by atoms with Crippen LogP contribution >= 0.6 is 23.1 Å². The van der Waals surface area contributed by atoms with Gasteiger partial charge in [-0.25, -0.2) is 4.39 Å². The molecule has 5 rings (SSSR count). The van der Waals surface area contributed by atoms with E-state index >= 15 is 0 Å². The Hall–Kier alpha value is -2.64. The molecule has 3 aromatic rings. The van der Waals surface area contributed by atoms with Crippen LogP contribution in [0.3, 0.4) is 0 Å². The second-order valence-corrected chi connectivity index (χ2v) is 9.70. The Bertz CT molecular complexity index is 1150. The molecule has 1 spiro atoms. The lowest BCUT2D eigenvalue weighted by molar-refractivity contribution is -0.123. The molecule has 30 heavy (non-hydrogen) atoms. The molecule has 1 fully saturated rings. The number of rotatable bonds is 3. The van der Waals surface area contributed by atoms with Gasteiger partial charge in [0.05, 0.1) is 17.1 Å². The number of halogens is 1. The molecule has 1 atom stereocenters. The van der Waals surface area contributed by atoms with Crippen LogP contribution in [0.1, 0.15) is 26.4 Å². The smallest absolute Gasteiger partial charge is 0.268 e. The largest absolute Gasteiger partial charge is 0.310 e. The Balaban J connectivity index is 1.61. The number of benzene rings is 2. The maximum absolute atomic E-state index is 13.9. The molecule has 152 valence electrons. The average molecular weight is 439 g/mol. The standard InChI is InChI=1S/C23H19FN2O2S2/c1-15-7-8-19-18(12-15)23(22(28)25(19)14-16-4-2-5-17(24)13-16)26(9-11-30-23)21(27)20-6-3-10-29-20/h2-8,10,12-13H,9,11,14H2,1H3/t23-/m0/s1. The van der Waals surface area contributed by atoms with E-state index in [2.05, 4.69) is 0 Å². The summed E-state index contributed by atoms with van der Waals surface area (Å²) in [4.78, 5) is 30.2. The summed E-state index contributed by atoms with van der Waals surface area (Å²) in [5.41, 5.74) is 3.38. The van der Waals surface area contributed by atoms with Crippen molar-refractivity contribution in [3.05, 3.63) is 87.4 Å².